The van der Waals surface area contributed by atoms with Gasteiger partial charge in [-0.2, -0.15) is 11.3 Å². The maximum Gasteiger partial charge on any atom is 0.230 e. The van der Waals surface area contributed by atoms with Crippen molar-refractivity contribution in [2.75, 3.05) is 12.3 Å². The second-order valence-corrected chi connectivity index (χ2v) is 7.91. The number of hydrogen-bond donors (Lipinski definition) is 2. The third-order valence-electron chi connectivity index (χ3n) is 4.22. The van der Waals surface area contributed by atoms with Crippen molar-refractivity contribution in [1.29, 1.82) is 0 Å². The molecular formula is C17H21NO3S2. The standard InChI is InChI=1S/C17H21NO3S2/c19-16(11-23-14-4-1-2-5-14)18-12-17(20,13-7-9-22-10-13)15-6-3-8-21-15/h3,6-10,14,20H,1-2,4-5,11-12H2,(H,18,19)/t17-/m0/s1. The highest BCUT2D eigenvalue weighted by Crippen LogP contribution is 2.31. The van der Waals surface area contributed by atoms with Crippen LogP contribution in [0.25, 0.3) is 0 Å². The van der Waals surface area contributed by atoms with Crippen molar-refractivity contribution in [2.24, 2.45) is 0 Å². The van der Waals surface area contributed by atoms with Gasteiger partial charge in [0, 0.05) is 10.8 Å². The van der Waals surface area contributed by atoms with E-state index in [0.29, 0.717) is 16.8 Å². The number of amides is 1. The number of aliphatic hydroxyl groups is 1. The monoisotopic (exact) mass is 351 g/mol. The molecule has 1 amide bonds. The number of rotatable bonds is 7. The minimum atomic E-state index is -1.32. The molecule has 2 aromatic heterocycles. The number of hydrogen-bond acceptors (Lipinski definition) is 5. The molecule has 0 radical (unpaired) electrons. The number of furan rings is 1. The molecule has 1 saturated carbocycles. The zero-order valence-electron chi connectivity index (χ0n) is 12.9. The van der Waals surface area contributed by atoms with E-state index >= 15 is 0 Å². The van der Waals surface area contributed by atoms with Crippen LogP contribution in [0.1, 0.15) is 37.0 Å². The molecule has 3 rings (SSSR count). The van der Waals surface area contributed by atoms with Gasteiger partial charge in [-0.05, 0) is 41.8 Å². The first-order chi connectivity index (χ1) is 11.2. The van der Waals surface area contributed by atoms with E-state index in [1.165, 1.54) is 43.3 Å². The summed E-state index contributed by atoms with van der Waals surface area (Å²) in [6.07, 6.45) is 6.50. The van der Waals surface area contributed by atoms with Crippen LogP contribution < -0.4 is 5.32 Å². The Bertz CT molecular complexity index is 570. The quantitative estimate of drug-likeness (QED) is 0.803. The Morgan fingerprint density at radius 3 is 2.91 bits per heavy atom. The van der Waals surface area contributed by atoms with Crippen LogP contribution in [0.5, 0.6) is 0 Å². The minimum Gasteiger partial charge on any atom is -0.466 e. The number of carbonyl (C=O) groups excluding carboxylic acids is 1. The molecule has 6 heteroatoms. The van der Waals surface area contributed by atoms with Crippen molar-refractivity contribution in [2.45, 2.75) is 36.5 Å². The van der Waals surface area contributed by atoms with Crippen molar-refractivity contribution in [3.8, 4) is 0 Å². The van der Waals surface area contributed by atoms with Gasteiger partial charge in [-0.15, -0.1) is 11.8 Å². The Kier molecular flexibility index (Phi) is 5.46. The highest BCUT2D eigenvalue weighted by molar-refractivity contribution is 8.00. The van der Waals surface area contributed by atoms with Crippen molar-refractivity contribution >= 4 is 29.0 Å². The molecule has 0 aromatic carbocycles. The molecule has 1 aliphatic carbocycles. The first-order valence-electron chi connectivity index (χ1n) is 7.86. The largest absolute Gasteiger partial charge is 0.466 e. The molecule has 0 bridgehead atoms. The van der Waals surface area contributed by atoms with Gasteiger partial charge in [0.1, 0.15) is 5.76 Å². The lowest BCUT2D eigenvalue weighted by Gasteiger charge is -2.25. The SMILES string of the molecule is O=C(CSC1CCCC1)NC[C@](O)(c1ccsc1)c1ccco1. The number of carbonyl (C=O) groups is 1. The van der Waals surface area contributed by atoms with E-state index in [0.717, 1.165) is 5.56 Å². The van der Waals surface area contributed by atoms with Gasteiger partial charge in [0.2, 0.25) is 5.91 Å². The van der Waals surface area contributed by atoms with Crippen molar-refractivity contribution < 1.29 is 14.3 Å². The second-order valence-electron chi connectivity index (χ2n) is 5.84. The van der Waals surface area contributed by atoms with E-state index in [-0.39, 0.29) is 12.5 Å². The van der Waals surface area contributed by atoms with Crippen LogP contribution in [-0.2, 0) is 10.4 Å². The zero-order valence-corrected chi connectivity index (χ0v) is 14.5. The van der Waals surface area contributed by atoms with Crippen molar-refractivity contribution in [3.05, 3.63) is 46.5 Å². The molecule has 124 valence electrons. The molecule has 0 saturated heterocycles. The van der Waals surface area contributed by atoms with Gasteiger partial charge in [0.25, 0.3) is 0 Å². The first-order valence-corrected chi connectivity index (χ1v) is 9.85. The third-order valence-corrected chi connectivity index (χ3v) is 6.28. The fraction of sp³-hybridized carbons (Fsp3) is 0.471. The van der Waals surface area contributed by atoms with Gasteiger partial charge in [0.15, 0.2) is 5.60 Å². The van der Waals surface area contributed by atoms with Crippen LogP contribution in [0.2, 0.25) is 0 Å². The molecule has 2 heterocycles. The molecule has 23 heavy (non-hydrogen) atoms. The van der Waals surface area contributed by atoms with Gasteiger partial charge in [0.05, 0.1) is 18.6 Å². The summed E-state index contributed by atoms with van der Waals surface area (Å²) in [6.45, 7) is 0.112. The maximum atomic E-state index is 12.1. The average molecular weight is 351 g/mol. The topological polar surface area (TPSA) is 62.5 Å². The maximum absolute atomic E-state index is 12.1. The fourth-order valence-electron chi connectivity index (χ4n) is 2.87. The highest BCUT2D eigenvalue weighted by atomic mass is 32.2. The summed E-state index contributed by atoms with van der Waals surface area (Å²) in [5, 5.41) is 18.3. The molecule has 2 N–H and O–H groups in total. The van der Waals surface area contributed by atoms with Crippen molar-refractivity contribution in [3.63, 3.8) is 0 Å². The molecule has 4 nitrogen and oxygen atoms in total. The lowest BCUT2D eigenvalue weighted by molar-refractivity contribution is -0.119. The summed E-state index contributed by atoms with van der Waals surface area (Å²) in [6, 6.07) is 5.33. The number of thiophene rings is 1. The fourth-order valence-corrected chi connectivity index (χ4v) is 4.75. The molecule has 1 aliphatic rings. The van der Waals surface area contributed by atoms with Crippen LogP contribution >= 0.6 is 23.1 Å². The number of thioether (sulfide) groups is 1. The molecular weight excluding hydrogens is 330 g/mol. The third kappa shape index (κ3) is 4.00. The van der Waals surface area contributed by atoms with Gasteiger partial charge in [-0.1, -0.05) is 12.8 Å². The lowest BCUT2D eigenvalue weighted by Crippen LogP contribution is -2.42. The smallest absolute Gasteiger partial charge is 0.230 e. The van der Waals surface area contributed by atoms with Gasteiger partial charge in [-0.3, -0.25) is 4.79 Å². The predicted molar refractivity (Wildman–Crippen MR) is 93.7 cm³/mol. The highest BCUT2D eigenvalue weighted by Gasteiger charge is 2.35. The first kappa shape index (κ1) is 16.6. The van der Waals surface area contributed by atoms with Gasteiger partial charge < -0.3 is 14.8 Å². The lowest BCUT2D eigenvalue weighted by atomic mass is 9.93. The van der Waals surface area contributed by atoms with Gasteiger partial charge in [-0.25, -0.2) is 0 Å². The van der Waals surface area contributed by atoms with E-state index in [2.05, 4.69) is 5.32 Å². The van der Waals surface area contributed by atoms with Crippen LogP contribution in [0.3, 0.4) is 0 Å². The Labute approximate surface area is 144 Å². The van der Waals surface area contributed by atoms with Crippen LogP contribution in [0.4, 0.5) is 0 Å². The Morgan fingerprint density at radius 2 is 2.26 bits per heavy atom. The van der Waals surface area contributed by atoms with Crippen molar-refractivity contribution in [1.82, 2.24) is 5.32 Å². The van der Waals surface area contributed by atoms with Crippen LogP contribution in [0.15, 0.2) is 39.6 Å². The van der Waals surface area contributed by atoms with Crippen LogP contribution in [-0.4, -0.2) is 28.6 Å². The summed E-state index contributed by atoms with van der Waals surface area (Å²) < 4.78 is 5.39. The minimum absolute atomic E-state index is 0.0397. The van der Waals surface area contributed by atoms with E-state index < -0.39 is 5.60 Å². The number of nitrogens with one attached hydrogen (secondary N) is 1. The molecule has 0 unspecified atom stereocenters. The van der Waals surface area contributed by atoms with Crippen LogP contribution in [0, 0.1) is 0 Å². The summed E-state index contributed by atoms with van der Waals surface area (Å²) in [7, 11) is 0. The molecule has 0 spiro atoms. The Hall–Kier alpha value is -1.24. The average Bonchev–Trinajstić information content (AvgIpc) is 3.33. The molecule has 0 aliphatic heterocycles. The second kappa shape index (κ2) is 7.55. The molecule has 2 aromatic rings. The Morgan fingerprint density at radius 1 is 1.43 bits per heavy atom. The Balaban J connectivity index is 1.60. The summed E-state index contributed by atoms with van der Waals surface area (Å²) in [4.78, 5) is 12.1. The summed E-state index contributed by atoms with van der Waals surface area (Å²) >= 11 is 3.23. The zero-order chi connectivity index (χ0) is 16.1. The predicted octanol–water partition coefficient (Wildman–Crippen LogP) is 3.37. The summed E-state index contributed by atoms with van der Waals surface area (Å²) in [5.41, 5.74) is -0.585. The van der Waals surface area contributed by atoms with E-state index in [1.54, 1.807) is 23.9 Å². The molecule has 1 atom stereocenters. The van der Waals surface area contributed by atoms with E-state index in [4.69, 9.17) is 4.42 Å². The van der Waals surface area contributed by atoms with E-state index in [9.17, 15) is 9.90 Å². The normalized spacial score (nSPS) is 18.0. The van der Waals surface area contributed by atoms with Gasteiger partial charge >= 0.3 is 0 Å². The molecule has 1 fully saturated rings. The van der Waals surface area contributed by atoms with E-state index in [1.807, 2.05) is 16.8 Å². The summed E-state index contributed by atoms with van der Waals surface area (Å²) in [5.74, 6) is 0.851.